The number of carbonyl (C=O) groups is 1. The first kappa shape index (κ1) is 16.4. The van der Waals surface area contributed by atoms with Crippen molar-refractivity contribution in [2.75, 3.05) is 5.32 Å². The maximum atomic E-state index is 12.5. The van der Waals surface area contributed by atoms with Crippen molar-refractivity contribution in [3.05, 3.63) is 65.4 Å². The van der Waals surface area contributed by atoms with Gasteiger partial charge in [0.15, 0.2) is 0 Å². The van der Waals surface area contributed by atoms with Crippen molar-refractivity contribution in [3.63, 3.8) is 0 Å². The number of carbonyl (C=O) groups excluding carboxylic acids is 1. The van der Waals surface area contributed by atoms with Gasteiger partial charge in [-0.3, -0.25) is 0 Å². The normalized spacial score (nSPS) is 16.2. The second kappa shape index (κ2) is 6.71. The molecule has 0 radical (unpaired) electrons. The number of furan rings is 1. The third-order valence-electron chi connectivity index (χ3n) is 4.72. The molecule has 1 atom stereocenters. The Morgan fingerprint density at radius 3 is 2.96 bits per heavy atom. The highest BCUT2D eigenvalue weighted by Gasteiger charge is 2.24. The van der Waals surface area contributed by atoms with Crippen LogP contribution in [-0.2, 0) is 6.42 Å². The molecule has 0 saturated carbocycles. The summed E-state index contributed by atoms with van der Waals surface area (Å²) in [5.74, 6) is 0.980. The van der Waals surface area contributed by atoms with Crippen LogP contribution in [-0.4, -0.2) is 15.8 Å². The third-order valence-corrected chi connectivity index (χ3v) is 4.72. The molecule has 1 aromatic carbocycles. The predicted molar refractivity (Wildman–Crippen MR) is 99.6 cm³/mol. The quantitative estimate of drug-likeness (QED) is 0.740. The molecule has 3 aromatic rings. The van der Waals surface area contributed by atoms with Gasteiger partial charge < -0.3 is 15.1 Å². The molecule has 1 aliphatic carbocycles. The van der Waals surface area contributed by atoms with Crippen LogP contribution < -0.4 is 10.6 Å². The van der Waals surface area contributed by atoms with Crippen LogP contribution >= 0.6 is 0 Å². The minimum atomic E-state index is -0.213. The minimum Gasteiger partial charge on any atom is -0.469 e. The van der Waals surface area contributed by atoms with Gasteiger partial charge in [-0.15, -0.1) is 0 Å². The van der Waals surface area contributed by atoms with Crippen LogP contribution in [0.15, 0.2) is 47.1 Å². The lowest BCUT2D eigenvalue weighted by atomic mass is 9.93. The fraction of sp³-hybridized carbons (Fsp3) is 0.300. The summed E-state index contributed by atoms with van der Waals surface area (Å²) in [6.07, 6.45) is 4.57. The highest BCUT2D eigenvalue weighted by Crippen LogP contribution is 2.30. The molecule has 1 unspecified atom stereocenters. The summed E-state index contributed by atoms with van der Waals surface area (Å²) in [6, 6.07) is 11.4. The van der Waals surface area contributed by atoms with Crippen LogP contribution in [0.25, 0.3) is 5.69 Å². The first-order valence-electron chi connectivity index (χ1n) is 8.87. The Kier molecular flexibility index (Phi) is 4.24. The molecule has 2 aromatic heterocycles. The molecule has 0 aliphatic heterocycles. The molecule has 4 rings (SSSR count). The molecule has 0 saturated heterocycles. The van der Waals surface area contributed by atoms with Gasteiger partial charge in [-0.25, -0.2) is 9.48 Å². The number of hydrogen-bond acceptors (Lipinski definition) is 3. The maximum Gasteiger partial charge on any atom is 0.319 e. The van der Waals surface area contributed by atoms with Crippen LogP contribution in [0.4, 0.5) is 10.5 Å². The molecule has 1 aliphatic rings. The molecule has 6 heteroatoms. The number of hydrogen-bond donors (Lipinski definition) is 2. The SMILES string of the molecule is Cc1cc(C)n(-c2cccc(NC(=O)NC3CCCc4occc43)c2)n1. The predicted octanol–water partition coefficient (Wildman–Crippen LogP) is 4.28. The van der Waals surface area contributed by atoms with Crippen LogP contribution in [0.2, 0.25) is 0 Å². The van der Waals surface area contributed by atoms with Crippen molar-refractivity contribution < 1.29 is 9.21 Å². The van der Waals surface area contributed by atoms with E-state index >= 15 is 0 Å². The van der Waals surface area contributed by atoms with Crippen LogP contribution in [0.3, 0.4) is 0 Å². The maximum absolute atomic E-state index is 12.5. The van der Waals surface area contributed by atoms with Gasteiger partial charge in [0.2, 0.25) is 0 Å². The number of amides is 2. The van der Waals surface area contributed by atoms with E-state index in [1.165, 1.54) is 0 Å². The third kappa shape index (κ3) is 3.22. The number of nitrogens with one attached hydrogen (secondary N) is 2. The molecule has 2 heterocycles. The van der Waals surface area contributed by atoms with E-state index < -0.39 is 0 Å². The first-order valence-corrected chi connectivity index (χ1v) is 8.87. The number of anilines is 1. The summed E-state index contributed by atoms with van der Waals surface area (Å²) < 4.78 is 7.35. The van der Waals surface area contributed by atoms with Gasteiger partial charge in [-0.1, -0.05) is 6.07 Å². The summed E-state index contributed by atoms with van der Waals surface area (Å²) >= 11 is 0. The number of benzene rings is 1. The van der Waals surface area contributed by atoms with Crippen molar-refractivity contribution >= 4 is 11.7 Å². The number of aromatic nitrogens is 2. The average Bonchev–Trinajstić information content (AvgIpc) is 3.21. The van der Waals surface area contributed by atoms with E-state index in [1.54, 1.807) is 6.26 Å². The number of nitrogens with zero attached hydrogens (tertiary/aromatic N) is 2. The number of fused-ring (bicyclic) bond motifs is 1. The smallest absolute Gasteiger partial charge is 0.319 e. The standard InChI is InChI=1S/C20H22N4O2/c1-13-11-14(2)24(23-13)16-6-3-5-15(12-16)21-20(25)22-18-7-4-8-19-17(18)9-10-26-19/h3,5-6,9-12,18H,4,7-8H2,1-2H3,(H2,21,22,25). The lowest BCUT2D eigenvalue weighted by Gasteiger charge is -2.23. The molecular weight excluding hydrogens is 328 g/mol. The second-order valence-corrected chi connectivity index (χ2v) is 6.73. The lowest BCUT2D eigenvalue weighted by Crippen LogP contribution is -2.34. The van der Waals surface area contributed by atoms with Gasteiger partial charge in [0.25, 0.3) is 0 Å². The Hall–Kier alpha value is -3.02. The van der Waals surface area contributed by atoms with Crippen LogP contribution in [0.5, 0.6) is 0 Å². The lowest BCUT2D eigenvalue weighted by molar-refractivity contribution is 0.246. The molecule has 6 nitrogen and oxygen atoms in total. The fourth-order valence-corrected chi connectivity index (χ4v) is 3.57. The van der Waals surface area contributed by atoms with Crippen molar-refractivity contribution in [2.45, 2.75) is 39.2 Å². The summed E-state index contributed by atoms with van der Waals surface area (Å²) in [7, 11) is 0. The summed E-state index contributed by atoms with van der Waals surface area (Å²) in [5.41, 5.74) is 4.76. The number of rotatable bonds is 3. The molecule has 0 bridgehead atoms. The topological polar surface area (TPSA) is 72.1 Å². The van der Waals surface area contributed by atoms with Crippen LogP contribution in [0, 0.1) is 13.8 Å². The summed E-state index contributed by atoms with van der Waals surface area (Å²) in [6.45, 7) is 3.98. The Morgan fingerprint density at radius 2 is 2.15 bits per heavy atom. The highest BCUT2D eigenvalue weighted by molar-refractivity contribution is 5.89. The number of aryl methyl sites for hydroxylation is 3. The van der Waals surface area contributed by atoms with Crippen molar-refractivity contribution in [1.82, 2.24) is 15.1 Å². The Labute approximate surface area is 152 Å². The van der Waals surface area contributed by atoms with E-state index in [-0.39, 0.29) is 12.1 Å². The largest absolute Gasteiger partial charge is 0.469 e. The monoisotopic (exact) mass is 350 g/mol. The zero-order valence-electron chi connectivity index (χ0n) is 15.0. The minimum absolute atomic E-state index is 0.00306. The van der Waals surface area contributed by atoms with Crippen LogP contribution in [0.1, 0.15) is 41.6 Å². The molecular formula is C20H22N4O2. The Bertz CT molecular complexity index is 941. The van der Waals surface area contributed by atoms with Crippen molar-refractivity contribution in [3.8, 4) is 5.69 Å². The Balaban J connectivity index is 1.47. The summed E-state index contributed by atoms with van der Waals surface area (Å²) in [5, 5.41) is 10.5. The van der Waals surface area contributed by atoms with Gasteiger partial charge in [-0.2, -0.15) is 5.10 Å². The fourth-order valence-electron chi connectivity index (χ4n) is 3.57. The van der Waals surface area contributed by atoms with Crippen molar-refractivity contribution in [1.29, 1.82) is 0 Å². The zero-order valence-corrected chi connectivity index (χ0v) is 15.0. The van der Waals surface area contributed by atoms with E-state index in [4.69, 9.17) is 4.42 Å². The van der Waals surface area contributed by atoms with Gasteiger partial charge in [0, 0.05) is 23.4 Å². The molecule has 0 fully saturated rings. The average molecular weight is 350 g/mol. The van der Waals surface area contributed by atoms with Gasteiger partial charge >= 0.3 is 6.03 Å². The molecule has 26 heavy (non-hydrogen) atoms. The van der Waals surface area contributed by atoms with Gasteiger partial charge in [-0.05, 0) is 57.0 Å². The molecule has 134 valence electrons. The van der Waals surface area contributed by atoms with Crippen molar-refractivity contribution in [2.24, 2.45) is 0 Å². The van der Waals surface area contributed by atoms with E-state index in [0.29, 0.717) is 0 Å². The van der Waals surface area contributed by atoms with E-state index in [9.17, 15) is 4.79 Å². The Morgan fingerprint density at radius 1 is 1.27 bits per heavy atom. The molecule has 2 amide bonds. The molecule has 2 N–H and O–H groups in total. The first-order chi connectivity index (χ1) is 12.6. The zero-order chi connectivity index (χ0) is 18.1. The van der Waals surface area contributed by atoms with E-state index in [2.05, 4.69) is 15.7 Å². The van der Waals surface area contributed by atoms with E-state index in [0.717, 1.165) is 53.3 Å². The summed E-state index contributed by atoms with van der Waals surface area (Å²) in [4.78, 5) is 12.5. The van der Waals surface area contributed by atoms with Gasteiger partial charge in [0.1, 0.15) is 5.76 Å². The van der Waals surface area contributed by atoms with Gasteiger partial charge in [0.05, 0.1) is 23.7 Å². The second-order valence-electron chi connectivity index (χ2n) is 6.73. The highest BCUT2D eigenvalue weighted by atomic mass is 16.3. The number of urea groups is 1. The van der Waals surface area contributed by atoms with E-state index in [1.807, 2.05) is 54.9 Å². The molecule has 0 spiro atoms.